The van der Waals surface area contributed by atoms with Gasteiger partial charge in [-0.1, -0.05) is 26.7 Å². The zero-order valence-corrected chi connectivity index (χ0v) is 13.1. The van der Waals surface area contributed by atoms with Crippen LogP contribution in [0.3, 0.4) is 0 Å². The predicted octanol–water partition coefficient (Wildman–Crippen LogP) is 3.97. The second kappa shape index (κ2) is 8.48. The molecule has 0 aliphatic carbocycles. The number of nitrogens with one attached hydrogen (secondary N) is 1. The number of nitrogens with zero attached hydrogens (tertiary/aromatic N) is 1. The molecule has 20 heavy (non-hydrogen) atoms. The third-order valence-electron chi connectivity index (χ3n) is 4.33. The van der Waals surface area contributed by atoms with Gasteiger partial charge in [-0.3, -0.25) is 4.90 Å². The van der Waals surface area contributed by atoms with Gasteiger partial charge in [0.05, 0.1) is 12.3 Å². The lowest BCUT2D eigenvalue weighted by Gasteiger charge is -2.28. The first-order chi connectivity index (χ1) is 9.85. The van der Waals surface area contributed by atoms with E-state index in [-0.39, 0.29) is 0 Å². The molecule has 1 atom stereocenters. The maximum atomic E-state index is 5.68. The third kappa shape index (κ3) is 4.35. The van der Waals surface area contributed by atoms with E-state index in [2.05, 4.69) is 30.1 Å². The lowest BCUT2D eigenvalue weighted by molar-refractivity contribution is 0.202. The summed E-state index contributed by atoms with van der Waals surface area (Å²) in [6.45, 7) is 7.97. The van der Waals surface area contributed by atoms with Gasteiger partial charge < -0.3 is 9.73 Å². The van der Waals surface area contributed by atoms with Crippen molar-refractivity contribution in [2.75, 3.05) is 19.6 Å². The molecule has 1 aliphatic rings. The second-order valence-electron chi connectivity index (χ2n) is 5.96. The highest BCUT2D eigenvalue weighted by molar-refractivity contribution is 5.06. The fourth-order valence-electron chi connectivity index (χ4n) is 3.27. The van der Waals surface area contributed by atoms with E-state index in [4.69, 9.17) is 4.42 Å². The Morgan fingerprint density at radius 1 is 1.20 bits per heavy atom. The van der Waals surface area contributed by atoms with Gasteiger partial charge in [0.25, 0.3) is 0 Å². The molecule has 0 radical (unpaired) electrons. The Kier molecular flexibility index (Phi) is 6.61. The maximum absolute atomic E-state index is 5.68. The van der Waals surface area contributed by atoms with Crippen LogP contribution in [0.1, 0.15) is 64.2 Å². The van der Waals surface area contributed by atoms with Gasteiger partial charge in [0.2, 0.25) is 0 Å². The first-order valence-electron chi connectivity index (χ1n) is 8.36. The molecule has 3 heteroatoms. The van der Waals surface area contributed by atoms with E-state index in [0.717, 1.165) is 12.3 Å². The van der Waals surface area contributed by atoms with Crippen LogP contribution in [-0.2, 0) is 0 Å². The van der Waals surface area contributed by atoms with Crippen LogP contribution in [0.15, 0.2) is 22.8 Å². The lowest BCUT2D eigenvalue weighted by atomic mass is 10.1. The molecule has 1 unspecified atom stereocenters. The van der Waals surface area contributed by atoms with E-state index < -0.39 is 0 Å². The molecule has 1 saturated heterocycles. The van der Waals surface area contributed by atoms with E-state index in [0.29, 0.717) is 12.1 Å². The average Bonchev–Trinajstić information content (AvgIpc) is 3.13. The Labute approximate surface area is 123 Å². The molecule has 0 bridgehead atoms. The van der Waals surface area contributed by atoms with Crippen LogP contribution < -0.4 is 5.32 Å². The van der Waals surface area contributed by atoms with Gasteiger partial charge >= 0.3 is 0 Å². The molecule has 1 aliphatic heterocycles. The first-order valence-corrected chi connectivity index (χ1v) is 8.36. The lowest BCUT2D eigenvalue weighted by Crippen LogP contribution is -2.38. The summed E-state index contributed by atoms with van der Waals surface area (Å²) >= 11 is 0. The van der Waals surface area contributed by atoms with Crippen molar-refractivity contribution in [2.24, 2.45) is 0 Å². The maximum Gasteiger partial charge on any atom is 0.122 e. The smallest absolute Gasteiger partial charge is 0.122 e. The van der Waals surface area contributed by atoms with Crippen LogP contribution in [0.2, 0.25) is 0 Å². The van der Waals surface area contributed by atoms with Crippen LogP contribution in [0.5, 0.6) is 0 Å². The summed E-state index contributed by atoms with van der Waals surface area (Å²) in [6, 6.07) is 5.20. The van der Waals surface area contributed by atoms with E-state index in [1.807, 2.05) is 6.07 Å². The Morgan fingerprint density at radius 3 is 2.45 bits per heavy atom. The molecule has 1 fully saturated rings. The predicted molar refractivity (Wildman–Crippen MR) is 83.9 cm³/mol. The highest BCUT2D eigenvalue weighted by Gasteiger charge is 2.25. The SMILES string of the molecule is CCCC(CCC)NCC(c1ccco1)N1CCCC1. The van der Waals surface area contributed by atoms with Crippen molar-refractivity contribution in [3.05, 3.63) is 24.2 Å². The van der Waals surface area contributed by atoms with Crippen LogP contribution in [0, 0.1) is 0 Å². The molecule has 0 amide bonds. The van der Waals surface area contributed by atoms with Crippen molar-refractivity contribution >= 4 is 0 Å². The fraction of sp³-hybridized carbons (Fsp3) is 0.765. The van der Waals surface area contributed by atoms with Gasteiger partial charge in [0.15, 0.2) is 0 Å². The number of hydrogen-bond donors (Lipinski definition) is 1. The largest absolute Gasteiger partial charge is 0.468 e. The monoisotopic (exact) mass is 278 g/mol. The summed E-state index contributed by atoms with van der Waals surface area (Å²) in [5.41, 5.74) is 0. The minimum Gasteiger partial charge on any atom is -0.468 e. The molecule has 1 aromatic rings. The van der Waals surface area contributed by atoms with E-state index in [9.17, 15) is 0 Å². The standard InChI is InChI=1S/C17H30N2O/c1-3-8-15(9-4-2)18-14-16(17-10-7-13-20-17)19-11-5-6-12-19/h7,10,13,15-16,18H,3-6,8-9,11-12,14H2,1-2H3. The highest BCUT2D eigenvalue weighted by atomic mass is 16.3. The molecule has 0 saturated carbocycles. The van der Waals surface area contributed by atoms with Crippen molar-refractivity contribution in [1.82, 2.24) is 10.2 Å². The van der Waals surface area contributed by atoms with Crippen LogP contribution in [0.4, 0.5) is 0 Å². The summed E-state index contributed by atoms with van der Waals surface area (Å²) in [5, 5.41) is 3.79. The third-order valence-corrected chi connectivity index (χ3v) is 4.33. The molecule has 0 aromatic carbocycles. The molecule has 3 nitrogen and oxygen atoms in total. The van der Waals surface area contributed by atoms with E-state index in [1.54, 1.807) is 6.26 Å². The van der Waals surface area contributed by atoms with Crippen molar-refractivity contribution < 1.29 is 4.42 Å². The van der Waals surface area contributed by atoms with Gasteiger partial charge in [-0.15, -0.1) is 0 Å². The molecule has 0 spiro atoms. The topological polar surface area (TPSA) is 28.4 Å². The first kappa shape index (κ1) is 15.6. The molecule has 2 heterocycles. The molecule has 114 valence electrons. The van der Waals surface area contributed by atoms with Crippen LogP contribution in [-0.4, -0.2) is 30.6 Å². The summed E-state index contributed by atoms with van der Waals surface area (Å²) < 4.78 is 5.68. The van der Waals surface area contributed by atoms with Crippen molar-refractivity contribution in [1.29, 1.82) is 0 Å². The Morgan fingerprint density at radius 2 is 1.90 bits per heavy atom. The zero-order valence-electron chi connectivity index (χ0n) is 13.1. The molecule has 2 rings (SSSR count). The number of rotatable bonds is 9. The van der Waals surface area contributed by atoms with E-state index >= 15 is 0 Å². The summed E-state index contributed by atoms with van der Waals surface area (Å²) in [5.74, 6) is 1.12. The minimum absolute atomic E-state index is 0.406. The normalized spacial score (nSPS) is 17.9. The molecule has 1 N–H and O–H groups in total. The van der Waals surface area contributed by atoms with Crippen LogP contribution >= 0.6 is 0 Å². The number of hydrogen-bond acceptors (Lipinski definition) is 3. The molecular formula is C17H30N2O. The van der Waals surface area contributed by atoms with Gasteiger partial charge in [-0.25, -0.2) is 0 Å². The van der Waals surface area contributed by atoms with Crippen LogP contribution in [0.25, 0.3) is 0 Å². The molecular weight excluding hydrogens is 248 g/mol. The summed E-state index contributed by atoms with van der Waals surface area (Å²) in [7, 11) is 0. The Hall–Kier alpha value is -0.800. The molecule has 1 aromatic heterocycles. The number of furan rings is 1. The second-order valence-corrected chi connectivity index (χ2v) is 5.96. The Balaban J connectivity index is 1.93. The highest BCUT2D eigenvalue weighted by Crippen LogP contribution is 2.25. The summed E-state index contributed by atoms with van der Waals surface area (Å²) in [4.78, 5) is 2.57. The van der Waals surface area contributed by atoms with E-state index in [1.165, 1.54) is 51.6 Å². The van der Waals surface area contributed by atoms with Gasteiger partial charge in [-0.05, 0) is 50.9 Å². The number of likely N-dealkylation sites (tertiary alicyclic amines) is 1. The fourth-order valence-corrected chi connectivity index (χ4v) is 3.27. The van der Waals surface area contributed by atoms with Crippen molar-refractivity contribution in [3.8, 4) is 0 Å². The Bertz CT molecular complexity index is 338. The van der Waals surface area contributed by atoms with Crippen molar-refractivity contribution in [3.63, 3.8) is 0 Å². The zero-order chi connectivity index (χ0) is 14.2. The minimum atomic E-state index is 0.406. The van der Waals surface area contributed by atoms with Gasteiger partial charge in [0.1, 0.15) is 5.76 Å². The van der Waals surface area contributed by atoms with Gasteiger partial charge in [0, 0.05) is 12.6 Å². The van der Waals surface area contributed by atoms with Crippen molar-refractivity contribution in [2.45, 2.75) is 64.5 Å². The van der Waals surface area contributed by atoms with Gasteiger partial charge in [-0.2, -0.15) is 0 Å². The average molecular weight is 278 g/mol. The summed E-state index contributed by atoms with van der Waals surface area (Å²) in [6.07, 6.45) is 9.51. The quantitative estimate of drug-likeness (QED) is 0.741.